The largest absolute Gasteiger partial charge is 0.408 e. The van der Waals surface area contributed by atoms with Crippen molar-refractivity contribution in [3.8, 4) is 0 Å². The van der Waals surface area contributed by atoms with E-state index >= 15 is 0 Å². The molecule has 1 aliphatic rings. The Morgan fingerprint density at radius 1 is 1.06 bits per heavy atom. The zero-order chi connectivity index (χ0) is 24.7. The minimum absolute atomic E-state index is 0.118. The van der Waals surface area contributed by atoms with Crippen molar-refractivity contribution in [3.05, 3.63) is 36.0 Å². The van der Waals surface area contributed by atoms with Gasteiger partial charge in [-0.15, -0.1) is 10.2 Å². The fourth-order valence-corrected chi connectivity index (χ4v) is 4.68. The Morgan fingerprint density at radius 2 is 1.74 bits per heavy atom. The van der Waals surface area contributed by atoms with E-state index in [1.807, 2.05) is 27.7 Å². The molecular weight excluding hydrogens is 454 g/mol. The van der Waals surface area contributed by atoms with Crippen LogP contribution in [-0.4, -0.2) is 49.6 Å². The fourth-order valence-electron chi connectivity index (χ4n) is 4.06. The first kappa shape index (κ1) is 25.9. The van der Waals surface area contributed by atoms with Crippen LogP contribution in [0.1, 0.15) is 87.3 Å². The van der Waals surface area contributed by atoms with Crippen LogP contribution in [0.15, 0.2) is 34.2 Å². The number of hydrogen-bond acceptors (Lipinski definition) is 8. The van der Waals surface area contributed by atoms with Crippen molar-refractivity contribution >= 4 is 29.4 Å². The highest BCUT2D eigenvalue weighted by atomic mass is 32.2. The molecular formula is C24H33N5O4S. The lowest BCUT2D eigenvalue weighted by atomic mass is 9.80. The lowest BCUT2D eigenvalue weighted by molar-refractivity contribution is -0.129. The minimum atomic E-state index is -1.08. The number of amides is 2. The summed E-state index contributed by atoms with van der Waals surface area (Å²) in [4.78, 5) is 43.7. The lowest BCUT2D eigenvalue weighted by Crippen LogP contribution is -2.62. The fraction of sp³-hybridized carbons (Fsp3) is 0.583. The van der Waals surface area contributed by atoms with Crippen molar-refractivity contribution in [2.24, 2.45) is 5.92 Å². The van der Waals surface area contributed by atoms with Gasteiger partial charge in [-0.05, 0) is 37.3 Å². The summed E-state index contributed by atoms with van der Waals surface area (Å²) in [6.45, 7) is 7.92. The summed E-state index contributed by atoms with van der Waals surface area (Å²) in [5.41, 5.74) is -0.648. The van der Waals surface area contributed by atoms with Gasteiger partial charge in [-0.2, -0.15) is 0 Å². The molecule has 184 valence electrons. The third-order valence-corrected chi connectivity index (χ3v) is 6.56. The molecule has 1 saturated carbocycles. The smallest absolute Gasteiger partial charge is 0.286 e. The average Bonchev–Trinajstić information content (AvgIpc) is 3.26. The first-order valence-corrected chi connectivity index (χ1v) is 12.7. The lowest BCUT2D eigenvalue weighted by Gasteiger charge is -2.37. The monoisotopic (exact) mass is 487 g/mol. The molecule has 10 heteroatoms. The molecule has 1 aliphatic carbocycles. The Labute approximate surface area is 204 Å². The summed E-state index contributed by atoms with van der Waals surface area (Å²) < 4.78 is 5.56. The number of carbonyl (C=O) groups excluding carboxylic acids is 3. The highest BCUT2D eigenvalue weighted by Gasteiger charge is 2.43. The number of rotatable bonds is 10. The quantitative estimate of drug-likeness (QED) is 0.383. The molecule has 0 bridgehead atoms. The van der Waals surface area contributed by atoms with Gasteiger partial charge in [0.15, 0.2) is 0 Å². The van der Waals surface area contributed by atoms with E-state index in [1.165, 1.54) is 24.2 Å². The number of ketones is 1. The summed E-state index contributed by atoms with van der Waals surface area (Å²) in [5, 5.41) is 14.3. The van der Waals surface area contributed by atoms with E-state index in [0.717, 1.165) is 19.3 Å². The zero-order valence-corrected chi connectivity index (χ0v) is 21.0. The van der Waals surface area contributed by atoms with Crippen LogP contribution in [0.25, 0.3) is 0 Å². The van der Waals surface area contributed by atoms with E-state index < -0.39 is 17.4 Å². The van der Waals surface area contributed by atoms with Crippen molar-refractivity contribution in [3.63, 3.8) is 0 Å². The number of aromatic nitrogens is 3. The highest BCUT2D eigenvalue weighted by Crippen LogP contribution is 2.30. The number of nitrogens with one attached hydrogen (secondary N) is 2. The normalized spacial score (nSPS) is 16.3. The Morgan fingerprint density at radius 3 is 2.35 bits per heavy atom. The maximum atomic E-state index is 13.6. The molecule has 3 rings (SSSR count). The number of thioether (sulfide) groups is 1. The van der Waals surface area contributed by atoms with Crippen LogP contribution >= 0.6 is 11.8 Å². The number of pyridine rings is 1. The molecule has 2 amide bonds. The molecule has 34 heavy (non-hydrogen) atoms. The van der Waals surface area contributed by atoms with Gasteiger partial charge in [-0.25, -0.2) is 0 Å². The van der Waals surface area contributed by atoms with Crippen LogP contribution in [0, 0.1) is 5.92 Å². The Bertz CT molecular complexity index is 986. The highest BCUT2D eigenvalue weighted by molar-refractivity contribution is 7.99. The second-order valence-electron chi connectivity index (χ2n) is 9.39. The van der Waals surface area contributed by atoms with Crippen LogP contribution in [-0.2, 0) is 4.79 Å². The van der Waals surface area contributed by atoms with Crippen LogP contribution < -0.4 is 10.6 Å². The van der Waals surface area contributed by atoms with E-state index in [0.29, 0.717) is 30.0 Å². The number of nitrogens with zero attached hydrogens (tertiary/aromatic N) is 3. The first-order chi connectivity index (χ1) is 16.2. The molecule has 0 aliphatic heterocycles. The first-order valence-electron chi connectivity index (χ1n) is 11.8. The molecule has 0 aromatic carbocycles. The SMILES string of the molecule is CC(C)C[C@H](NC(=O)C1(NC(=O)c2ccncc2)CCCCC1)C(=O)c1nnc(SC(C)C)o1. The van der Waals surface area contributed by atoms with Gasteiger partial charge in [0.25, 0.3) is 17.0 Å². The molecule has 2 aromatic heterocycles. The molecule has 2 heterocycles. The third kappa shape index (κ3) is 6.65. The molecule has 2 aromatic rings. The van der Waals surface area contributed by atoms with E-state index in [2.05, 4.69) is 25.8 Å². The van der Waals surface area contributed by atoms with E-state index in [-0.39, 0.29) is 28.9 Å². The van der Waals surface area contributed by atoms with Gasteiger partial charge in [-0.3, -0.25) is 19.4 Å². The van der Waals surface area contributed by atoms with Gasteiger partial charge in [-0.1, -0.05) is 58.7 Å². The van der Waals surface area contributed by atoms with Crippen LogP contribution in [0.3, 0.4) is 0 Å². The molecule has 1 atom stereocenters. The van der Waals surface area contributed by atoms with E-state index in [9.17, 15) is 14.4 Å². The maximum Gasteiger partial charge on any atom is 0.286 e. The van der Waals surface area contributed by atoms with Crippen molar-refractivity contribution in [2.75, 3.05) is 0 Å². The number of Topliss-reactive ketones (excluding diaryl/α,β-unsaturated/α-hetero) is 1. The second kappa shape index (κ2) is 11.6. The molecule has 2 N–H and O–H groups in total. The maximum absolute atomic E-state index is 13.6. The Balaban J connectivity index is 1.80. The van der Waals surface area contributed by atoms with Crippen LogP contribution in [0.5, 0.6) is 0 Å². The third-order valence-electron chi connectivity index (χ3n) is 5.72. The summed E-state index contributed by atoms with van der Waals surface area (Å²) in [5.74, 6) is -1.09. The van der Waals surface area contributed by atoms with Crippen LogP contribution in [0.4, 0.5) is 0 Å². The summed E-state index contributed by atoms with van der Waals surface area (Å²) in [7, 11) is 0. The second-order valence-corrected chi connectivity index (χ2v) is 10.9. The Kier molecular flexibility index (Phi) is 8.82. The summed E-state index contributed by atoms with van der Waals surface area (Å²) in [6, 6.07) is 2.38. The molecule has 0 spiro atoms. The van der Waals surface area contributed by atoms with Gasteiger partial charge < -0.3 is 15.1 Å². The zero-order valence-electron chi connectivity index (χ0n) is 20.2. The molecule has 1 fully saturated rings. The predicted octanol–water partition coefficient (Wildman–Crippen LogP) is 3.81. The molecule has 0 saturated heterocycles. The number of carbonyl (C=O) groups is 3. The van der Waals surface area contributed by atoms with Gasteiger partial charge in [0.05, 0.1) is 6.04 Å². The van der Waals surface area contributed by atoms with Gasteiger partial charge in [0, 0.05) is 23.2 Å². The average molecular weight is 488 g/mol. The minimum Gasteiger partial charge on any atom is -0.408 e. The van der Waals surface area contributed by atoms with E-state index in [1.54, 1.807) is 12.1 Å². The summed E-state index contributed by atoms with van der Waals surface area (Å²) in [6.07, 6.45) is 7.12. The van der Waals surface area contributed by atoms with Gasteiger partial charge in [0.2, 0.25) is 11.7 Å². The van der Waals surface area contributed by atoms with Crippen molar-refractivity contribution in [1.29, 1.82) is 0 Å². The molecule has 9 nitrogen and oxygen atoms in total. The molecule has 0 unspecified atom stereocenters. The number of hydrogen-bond donors (Lipinski definition) is 2. The summed E-state index contributed by atoms with van der Waals surface area (Å²) >= 11 is 1.37. The van der Waals surface area contributed by atoms with Crippen molar-refractivity contribution in [2.45, 2.75) is 88.3 Å². The van der Waals surface area contributed by atoms with Crippen LogP contribution in [0.2, 0.25) is 0 Å². The topological polar surface area (TPSA) is 127 Å². The van der Waals surface area contributed by atoms with Gasteiger partial charge in [0.1, 0.15) is 5.54 Å². The van der Waals surface area contributed by atoms with Crippen molar-refractivity contribution < 1.29 is 18.8 Å². The predicted molar refractivity (Wildman–Crippen MR) is 129 cm³/mol. The van der Waals surface area contributed by atoms with Crippen molar-refractivity contribution in [1.82, 2.24) is 25.8 Å². The Hall–Kier alpha value is -2.75. The van der Waals surface area contributed by atoms with E-state index in [4.69, 9.17) is 4.42 Å². The molecule has 0 radical (unpaired) electrons. The standard InChI is InChI=1S/C24H33N5O4S/c1-15(2)14-18(19(30)21-28-29-23(33-21)34-16(3)4)26-22(32)24(10-6-5-7-11-24)27-20(31)17-8-12-25-13-9-17/h8-9,12-13,15-16,18H,5-7,10-11,14H2,1-4H3,(H,26,32)(H,27,31)/t18-/m0/s1. The van der Waals surface area contributed by atoms with Gasteiger partial charge >= 0.3 is 0 Å².